The molecule has 0 spiro atoms. The summed E-state index contributed by atoms with van der Waals surface area (Å²) in [5.41, 5.74) is 0.531. The molecule has 0 unspecified atom stereocenters. The monoisotopic (exact) mass is 315 g/mol. The Labute approximate surface area is 134 Å². The van der Waals surface area contributed by atoms with Crippen LogP contribution in [0.1, 0.15) is 44.1 Å². The van der Waals surface area contributed by atoms with Crippen LogP contribution in [0.25, 0.3) is 0 Å². The largest absolute Gasteiger partial charge is 0.381 e. The molecular formula is C17H18FN3O2. The first-order valence-electron chi connectivity index (χ1n) is 7.90. The van der Waals surface area contributed by atoms with E-state index in [0.29, 0.717) is 18.5 Å². The van der Waals surface area contributed by atoms with Crippen molar-refractivity contribution in [1.82, 2.24) is 4.90 Å². The topological polar surface area (TPSA) is 73.2 Å². The highest BCUT2D eigenvalue weighted by Gasteiger charge is 2.36. The van der Waals surface area contributed by atoms with Gasteiger partial charge in [0.2, 0.25) is 11.8 Å². The van der Waals surface area contributed by atoms with Crippen LogP contribution >= 0.6 is 0 Å². The number of amides is 2. The molecule has 0 bridgehead atoms. The molecule has 1 aliphatic heterocycles. The van der Waals surface area contributed by atoms with Gasteiger partial charge in [0.15, 0.2) is 0 Å². The number of carbonyl (C=O) groups is 2. The summed E-state index contributed by atoms with van der Waals surface area (Å²) in [7, 11) is 0. The quantitative estimate of drug-likeness (QED) is 0.870. The number of nitrogens with zero attached hydrogens (tertiary/aromatic N) is 2. The summed E-state index contributed by atoms with van der Waals surface area (Å²) >= 11 is 0. The van der Waals surface area contributed by atoms with Gasteiger partial charge in [0.25, 0.3) is 0 Å². The third-order valence-corrected chi connectivity index (χ3v) is 4.64. The normalized spacial score (nSPS) is 24.6. The standard InChI is InChI=1S/C17H18FN3O2/c18-14-2-1-3-15(13(14)10-19)20-11-4-6-12(7-5-11)21-16(22)8-9-17(21)23/h1-3,11-12,20H,4-9H2. The summed E-state index contributed by atoms with van der Waals surface area (Å²) in [4.78, 5) is 25.0. The smallest absolute Gasteiger partial charge is 0.229 e. The number of hydrogen-bond acceptors (Lipinski definition) is 4. The van der Waals surface area contributed by atoms with E-state index in [-0.39, 0.29) is 29.5 Å². The van der Waals surface area contributed by atoms with Crippen LogP contribution in [-0.2, 0) is 9.59 Å². The second-order valence-corrected chi connectivity index (χ2v) is 6.08. The number of nitriles is 1. The predicted molar refractivity (Wildman–Crippen MR) is 81.9 cm³/mol. The van der Waals surface area contributed by atoms with E-state index in [1.165, 1.54) is 11.0 Å². The van der Waals surface area contributed by atoms with E-state index in [1.807, 2.05) is 6.07 Å². The average Bonchev–Trinajstić information content (AvgIpc) is 2.87. The molecule has 5 nitrogen and oxygen atoms in total. The van der Waals surface area contributed by atoms with Gasteiger partial charge in [-0.15, -0.1) is 0 Å². The Morgan fingerprint density at radius 3 is 2.39 bits per heavy atom. The summed E-state index contributed by atoms with van der Waals surface area (Å²) in [5, 5.41) is 12.3. The minimum Gasteiger partial charge on any atom is -0.381 e. The first-order chi connectivity index (χ1) is 11.1. The molecule has 1 aliphatic carbocycles. The first-order valence-corrected chi connectivity index (χ1v) is 7.90. The van der Waals surface area contributed by atoms with Crippen molar-refractivity contribution < 1.29 is 14.0 Å². The lowest BCUT2D eigenvalue weighted by atomic mass is 9.90. The first kappa shape index (κ1) is 15.5. The maximum Gasteiger partial charge on any atom is 0.229 e. The number of carbonyl (C=O) groups excluding carboxylic acids is 2. The molecule has 1 aromatic rings. The highest BCUT2D eigenvalue weighted by atomic mass is 19.1. The van der Waals surface area contributed by atoms with Gasteiger partial charge in [0.05, 0.1) is 5.69 Å². The van der Waals surface area contributed by atoms with Crippen LogP contribution in [0.3, 0.4) is 0 Å². The molecule has 6 heteroatoms. The van der Waals surface area contributed by atoms with Crippen molar-refractivity contribution in [3.63, 3.8) is 0 Å². The van der Waals surface area contributed by atoms with Gasteiger partial charge in [-0.2, -0.15) is 5.26 Å². The molecule has 1 saturated heterocycles. The molecule has 1 saturated carbocycles. The van der Waals surface area contributed by atoms with Crippen LogP contribution in [0.15, 0.2) is 18.2 Å². The third kappa shape index (κ3) is 3.04. The molecule has 0 radical (unpaired) electrons. The lowest BCUT2D eigenvalue weighted by Crippen LogP contribution is -2.43. The maximum absolute atomic E-state index is 13.6. The van der Waals surface area contributed by atoms with Crippen LogP contribution in [0.4, 0.5) is 10.1 Å². The molecule has 23 heavy (non-hydrogen) atoms. The van der Waals surface area contributed by atoms with Gasteiger partial charge < -0.3 is 5.32 Å². The Bertz CT molecular complexity index is 659. The molecule has 0 aromatic heterocycles. The Kier molecular flexibility index (Phi) is 4.28. The van der Waals surface area contributed by atoms with Crippen molar-refractivity contribution in [3.8, 4) is 6.07 Å². The van der Waals surface area contributed by atoms with Crippen LogP contribution in [0.5, 0.6) is 0 Å². The summed E-state index contributed by atoms with van der Waals surface area (Å²) in [5.74, 6) is -0.661. The number of hydrogen-bond donors (Lipinski definition) is 1. The van der Waals surface area contributed by atoms with Crippen molar-refractivity contribution in [2.45, 2.75) is 50.6 Å². The molecule has 1 heterocycles. The van der Waals surface area contributed by atoms with Crippen molar-refractivity contribution in [2.75, 3.05) is 5.32 Å². The van der Waals surface area contributed by atoms with Crippen LogP contribution in [0, 0.1) is 17.1 Å². The van der Waals surface area contributed by atoms with Gasteiger partial charge >= 0.3 is 0 Å². The van der Waals surface area contributed by atoms with Gasteiger partial charge in [-0.05, 0) is 37.8 Å². The highest BCUT2D eigenvalue weighted by Crippen LogP contribution is 2.30. The Balaban J connectivity index is 1.62. The third-order valence-electron chi connectivity index (χ3n) is 4.64. The zero-order valence-corrected chi connectivity index (χ0v) is 12.7. The lowest BCUT2D eigenvalue weighted by molar-refractivity contribution is -0.141. The van der Waals surface area contributed by atoms with E-state index in [4.69, 9.17) is 5.26 Å². The van der Waals surface area contributed by atoms with E-state index in [9.17, 15) is 14.0 Å². The molecule has 2 fully saturated rings. The molecule has 3 rings (SSSR count). The number of anilines is 1. The minimum atomic E-state index is -0.528. The number of benzene rings is 1. The van der Waals surface area contributed by atoms with Gasteiger partial charge in [-0.3, -0.25) is 14.5 Å². The van der Waals surface area contributed by atoms with Crippen molar-refractivity contribution in [1.29, 1.82) is 5.26 Å². The van der Waals surface area contributed by atoms with Crippen LogP contribution < -0.4 is 5.32 Å². The van der Waals surface area contributed by atoms with Gasteiger partial charge in [0, 0.05) is 24.9 Å². The van der Waals surface area contributed by atoms with Gasteiger partial charge in [-0.1, -0.05) is 6.07 Å². The number of rotatable bonds is 3. The van der Waals surface area contributed by atoms with E-state index < -0.39 is 5.82 Å². The average molecular weight is 315 g/mol. The van der Waals surface area contributed by atoms with E-state index >= 15 is 0 Å². The highest BCUT2D eigenvalue weighted by molar-refractivity contribution is 6.02. The SMILES string of the molecule is N#Cc1c(F)cccc1NC1CCC(N2C(=O)CCC2=O)CC1. The Morgan fingerprint density at radius 2 is 1.78 bits per heavy atom. The number of likely N-dealkylation sites (tertiary alicyclic amines) is 1. The van der Waals surface area contributed by atoms with Crippen LogP contribution in [-0.4, -0.2) is 28.8 Å². The Morgan fingerprint density at radius 1 is 1.13 bits per heavy atom. The second kappa shape index (κ2) is 6.37. The van der Waals surface area contributed by atoms with Crippen molar-refractivity contribution in [3.05, 3.63) is 29.6 Å². The van der Waals surface area contributed by atoms with Crippen LogP contribution in [0.2, 0.25) is 0 Å². The fraction of sp³-hybridized carbons (Fsp3) is 0.471. The van der Waals surface area contributed by atoms with Crippen molar-refractivity contribution >= 4 is 17.5 Å². The summed E-state index contributed by atoms with van der Waals surface area (Å²) in [6.45, 7) is 0. The lowest BCUT2D eigenvalue weighted by Gasteiger charge is -2.34. The minimum absolute atomic E-state index is 0.0153. The second-order valence-electron chi connectivity index (χ2n) is 6.08. The van der Waals surface area contributed by atoms with Gasteiger partial charge in [0.1, 0.15) is 17.4 Å². The van der Waals surface area contributed by atoms with E-state index in [0.717, 1.165) is 25.7 Å². The molecule has 120 valence electrons. The summed E-state index contributed by atoms with van der Waals surface area (Å²) in [6.07, 6.45) is 3.70. The molecule has 2 aliphatic rings. The predicted octanol–water partition coefficient (Wildman–Crippen LogP) is 2.57. The molecule has 2 amide bonds. The zero-order chi connectivity index (χ0) is 16.4. The number of halogens is 1. The molecular weight excluding hydrogens is 297 g/mol. The zero-order valence-electron chi connectivity index (χ0n) is 12.7. The maximum atomic E-state index is 13.6. The van der Waals surface area contributed by atoms with E-state index in [2.05, 4.69) is 5.32 Å². The number of nitrogens with one attached hydrogen (secondary N) is 1. The number of imide groups is 1. The van der Waals surface area contributed by atoms with Crippen molar-refractivity contribution in [2.24, 2.45) is 0 Å². The Hall–Kier alpha value is -2.42. The molecule has 1 aromatic carbocycles. The summed E-state index contributed by atoms with van der Waals surface area (Å²) in [6, 6.07) is 6.53. The van der Waals surface area contributed by atoms with Gasteiger partial charge in [-0.25, -0.2) is 4.39 Å². The summed E-state index contributed by atoms with van der Waals surface area (Å²) < 4.78 is 13.6. The molecule has 1 N–H and O–H groups in total. The fourth-order valence-corrected chi connectivity index (χ4v) is 3.46. The fourth-order valence-electron chi connectivity index (χ4n) is 3.46. The molecule has 0 atom stereocenters. The van der Waals surface area contributed by atoms with E-state index in [1.54, 1.807) is 12.1 Å².